The van der Waals surface area contributed by atoms with Crippen molar-refractivity contribution >= 4 is 5.91 Å². The van der Waals surface area contributed by atoms with Crippen LogP contribution in [0.4, 0.5) is 0 Å². The largest absolute Gasteiger partial charge is 0.342 e. The van der Waals surface area contributed by atoms with E-state index in [0.29, 0.717) is 5.91 Å². The molecule has 1 unspecified atom stereocenters. The summed E-state index contributed by atoms with van der Waals surface area (Å²) in [6.45, 7) is 4.21. The van der Waals surface area contributed by atoms with Crippen LogP contribution < -0.4 is 0 Å². The highest BCUT2D eigenvalue weighted by Crippen LogP contribution is 2.21. The molecular formula is C23H37NO. The Hall–Kier alpha value is -1.31. The molecule has 2 nitrogen and oxygen atoms in total. The van der Waals surface area contributed by atoms with Crippen molar-refractivity contribution in [1.29, 1.82) is 0 Å². The van der Waals surface area contributed by atoms with E-state index in [2.05, 4.69) is 42.2 Å². The molecule has 1 aromatic rings. The maximum Gasteiger partial charge on any atom is 0.226 e. The minimum absolute atomic E-state index is 0.177. The normalized spacial score (nSPS) is 16.0. The van der Waals surface area contributed by atoms with E-state index < -0.39 is 0 Å². The van der Waals surface area contributed by atoms with Crippen LogP contribution in [-0.4, -0.2) is 23.9 Å². The first-order valence-electron chi connectivity index (χ1n) is 10.6. The average Bonchev–Trinajstić information content (AvgIpc) is 2.67. The second-order valence-electron chi connectivity index (χ2n) is 7.68. The molecular weight excluding hydrogens is 306 g/mol. The molecule has 1 aliphatic heterocycles. The third-order valence-corrected chi connectivity index (χ3v) is 5.50. The lowest BCUT2D eigenvalue weighted by molar-refractivity contribution is -0.136. The molecule has 25 heavy (non-hydrogen) atoms. The van der Waals surface area contributed by atoms with Crippen molar-refractivity contribution in [1.82, 2.24) is 4.90 Å². The van der Waals surface area contributed by atoms with E-state index in [-0.39, 0.29) is 5.92 Å². The second kappa shape index (κ2) is 12.1. The molecule has 1 heterocycles. The molecule has 140 valence electrons. The van der Waals surface area contributed by atoms with Crippen LogP contribution in [0.25, 0.3) is 0 Å². The highest BCUT2D eigenvalue weighted by Gasteiger charge is 2.25. The Morgan fingerprint density at radius 3 is 2.24 bits per heavy atom. The van der Waals surface area contributed by atoms with Gasteiger partial charge >= 0.3 is 0 Å². The third-order valence-electron chi connectivity index (χ3n) is 5.50. The van der Waals surface area contributed by atoms with Gasteiger partial charge < -0.3 is 4.90 Å². The Balaban J connectivity index is 1.82. The Morgan fingerprint density at radius 2 is 1.56 bits per heavy atom. The molecule has 0 aromatic heterocycles. The molecule has 1 fully saturated rings. The van der Waals surface area contributed by atoms with Gasteiger partial charge in [0.15, 0.2) is 0 Å². The molecule has 0 spiro atoms. The Kier molecular flexibility index (Phi) is 9.69. The van der Waals surface area contributed by atoms with E-state index in [1.807, 2.05) is 0 Å². The lowest BCUT2D eigenvalue weighted by Crippen LogP contribution is -2.40. The summed E-state index contributed by atoms with van der Waals surface area (Å²) in [5, 5.41) is 0. The predicted molar refractivity (Wildman–Crippen MR) is 107 cm³/mol. The fourth-order valence-electron chi connectivity index (χ4n) is 3.93. The van der Waals surface area contributed by atoms with Crippen LogP contribution >= 0.6 is 0 Å². The van der Waals surface area contributed by atoms with Crippen molar-refractivity contribution in [2.24, 2.45) is 5.92 Å². The number of rotatable bonds is 11. The summed E-state index contributed by atoms with van der Waals surface area (Å²) in [6.07, 6.45) is 14.8. The van der Waals surface area contributed by atoms with E-state index in [1.54, 1.807) is 0 Å². The van der Waals surface area contributed by atoms with Crippen molar-refractivity contribution in [3.05, 3.63) is 35.9 Å². The van der Waals surface area contributed by atoms with Gasteiger partial charge in [0.05, 0.1) is 0 Å². The summed E-state index contributed by atoms with van der Waals surface area (Å²) in [5.41, 5.74) is 1.31. The zero-order chi connectivity index (χ0) is 17.7. The SMILES string of the molecule is CCCCCCCCCC(Cc1ccccc1)C(=O)N1CCCCC1. The molecule has 1 atom stereocenters. The van der Waals surface area contributed by atoms with Crippen molar-refractivity contribution < 1.29 is 4.79 Å². The van der Waals surface area contributed by atoms with Crippen molar-refractivity contribution in [3.8, 4) is 0 Å². The summed E-state index contributed by atoms with van der Waals surface area (Å²) in [4.78, 5) is 15.2. The molecule has 0 N–H and O–H groups in total. The maximum absolute atomic E-state index is 13.0. The van der Waals surface area contributed by atoms with Crippen LogP contribution in [0.3, 0.4) is 0 Å². The summed E-state index contributed by atoms with van der Waals surface area (Å²) < 4.78 is 0. The third kappa shape index (κ3) is 7.63. The number of benzene rings is 1. The summed E-state index contributed by atoms with van der Waals surface area (Å²) in [7, 11) is 0. The van der Waals surface area contributed by atoms with Gasteiger partial charge in [0.2, 0.25) is 5.91 Å². The zero-order valence-electron chi connectivity index (χ0n) is 16.2. The van der Waals surface area contributed by atoms with Crippen LogP contribution in [0.5, 0.6) is 0 Å². The van der Waals surface area contributed by atoms with E-state index in [1.165, 1.54) is 69.8 Å². The van der Waals surface area contributed by atoms with Gasteiger partial charge in [-0.2, -0.15) is 0 Å². The van der Waals surface area contributed by atoms with Gasteiger partial charge in [0, 0.05) is 19.0 Å². The number of carbonyl (C=O) groups excluding carboxylic acids is 1. The summed E-state index contributed by atoms with van der Waals surface area (Å²) >= 11 is 0. The first kappa shape index (κ1) is 20.0. The molecule has 1 aliphatic rings. The number of piperidine rings is 1. The lowest BCUT2D eigenvalue weighted by Gasteiger charge is -2.30. The molecule has 1 amide bonds. The standard InChI is InChI=1S/C23H37NO/c1-2-3-4-5-6-7-12-17-22(20-21-15-10-8-11-16-21)23(25)24-18-13-9-14-19-24/h8,10-11,15-16,22H,2-7,9,12-14,17-20H2,1H3. The molecule has 0 radical (unpaired) electrons. The number of unbranched alkanes of at least 4 members (excludes halogenated alkanes) is 6. The van der Waals surface area contributed by atoms with Gasteiger partial charge in [-0.1, -0.05) is 82.2 Å². The van der Waals surface area contributed by atoms with E-state index in [0.717, 1.165) is 25.9 Å². The van der Waals surface area contributed by atoms with Gasteiger partial charge in [-0.25, -0.2) is 0 Å². The number of carbonyl (C=O) groups is 1. The smallest absolute Gasteiger partial charge is 0.226 e. The first-order chi connectivity index (χ1) is 12.3. The maximum atomic E-state index is 13.0. The fraction of sp³-hybridized carbons (Fsp3) is 0.696. The molecule has 1 aromatic carbocycles. The van der Waals surface area contributed by atoms with E-state index in [9.17, 15) is 4.79 Å². The molecule has 0 bridgehead atoms. The predicted octanol–water partition coefficient (Wildman–Crippen LogP) is 6.00. The van der Waals surface area contributed by atoms with Gasteiger partial charge in [-0.05, 0) is 37.7 Å². The van der Waals surface area contributed by atoms with Gasteiger partial charge in [0.1, 0.15) is 0 Å². The molecule has 2 rings (SSSR count). The second-order valence-corrected chi connectivity index (χ2v) is 7.68. The fourth-order valence-corrected chi connectivity index (χ4v) is 3.93. The minimum Gasteiger partial charge on any atom is -0.342 e. The van der Waals surface area contributed by atoms with Crippen molar-refractivity contribution in [3.63, 3.8) is 0 Å². The first-order valence-corrected chi connectivity index (χ1v) is 10.6. The van der Waals surface area contributed by atoms with Crippen LogP contribution in [0, 0.1) is 5.92 Å². The zero-order valence-corrected chi connectivity index (χ0v) is 16.2. The number of hydrogen-bond donors (Lipinski definition) is 0. The van der Waals surface area contributed by atoms with Crippen LogP contribution in [0.1, 0.15) is 83.1 Å². The van der Waals surface area contributed by atoms with Gasteiger partial charge in [0.25, 0.3) is 0 Å². The summed E-state index contributed by atoms with van der Waals surface area (Å²) in [6, 6.07) is 10.6. The van der Waals surface area contributed by atoms with Crippen LogP contribution in [0.2, 0.25) is 0 Å². The quantitative estimate of drug-likeness (QED) is 0.451. The Labute approximate surface area is 155 Å². The van der Waals surface area contributed by atoms with Crippen molar-refractivity contribution in [2.45, 2.75) is 84.0 Å². The highest BCUT2D eigenvalue weighted by atomic mass is 16.2. The topological polar surface area (TPSA) is 20.3 Å². The van der Waals surface area contributed by atoms with Crippen LogP contribution in [-0.2, 0) is 11.2 Å². The van der Waals surface area contributed by atoms with Crippen molar-refractivity contribution in [2.75, 3.05) is 13.1 Å². The molecule has 2 heteroatoms. The van der Waals surface area contributed by atoms with Gasteiger partial charge in [-0.3, -0.25) is 4.79 Å². The molecule has 0 saturated carbocycles. The number of amides is 1. The lowest BCUT2D eigenvalue weighted by atomic mass is 9.91. The Bertz CT molecular complexity index is 464. The average molecular weight is 344 g/mol. The molecule has 1 saturated heterocycles. The van der Waals surface area contributed by atoms with E-state index >= 15 is 0 Å². The van der Waals surface area contributed by atoms with Crippen LogP contribution in [0.15, 0.2) is 30.3 Å². The number of likely N-dealkylation sites (tertiary alicyclic amines) is 1. The Morgan fingerprint density at radius 1 is 0.920 bits per heavy atom. The monoisotopic (exact) mass is 343 g/mol. The number of nitrogens with zero attached hydrogens (tertiary/aromatic N) is 1. The van der Waals surface area contributed by atoms with E-state index in [4.69, 9.17) is 0 Å². The highest BCUT2D eigenvalue weighted by molar-refractivity contribution is 5.79. The minimum atomic E-state index is 0.177. The molecule has 0 aliphatic carbocycles. The van der Waals surface area contributed by atoms with Gasteiger partial charge in [-0.15, -0.1) is 0 Å². The number of hydrogen-bond acceptors (Lipinski definition) is 1. The summed E-state index contributed by atoms with van der Waals surface area (Å²) in [5.74, 6) is 0.589.